The molecule has 0 N–H and O–H groups in total. The van der Waals surface area contributed by atoms with E-state index in [0.717, 1.165) is 11.8 Å². The summed E-state index contributed by atoms with van der Waals surface area (Å²) in [4.78, 5) is 13.2. The molecule has 0 amide bonds. The van der Waals surface area contributed by atoms with Gasteiger partial charge < -0.3 is 8.98 Å². The molecule has 1 aromatic carbocycles. The molecular weight excluding hydrogens is 537 g/mol. The van der Waals surface area contributed by atoms with Crippen LogP contribution >= 0.6 is 11.6 Å². The zero-order valence-electron chi connectivity index (χ0n) is 20.6. The molecule has 1 aliphatic carbocycles. The highest BCUT2D eigenvalue weighted by molar-refractivity contribution is 7.84. The van der Waals surface area contributed by atoms with Crippen LogP contribution < -0.4 is 0 Å². The summed E-state index contributed by atoms with van der Waals surface area (Å²) in [6.45, 7) is 3.21. The molecule has 3 aromatic heterocycles. The Kier molecular flexibility index (Phi) is 6.87. The zero-order chi connectivity index (χ0) is 27.2. The predicted molar refractivity (Wildman–Crippen MR) is 140 cm³/mol. The lowest BCUT2D eigenvalue weighted by Gasteiger charge is -2.23. The molecule has 0 saturated heterocycles. The Hall–Kier alpha value is -3.50. The lowest BCUT2D eigenvalue weighted by atomic mass is 9.86. The highest BCUT2D eigenvalue weighted by atomic mass is 35.5. The monoisotopic (exact) mass is 558 g/mol. The van der Waals surface area contributed by atoms with Crippen LogP contribution in [0.5, 0.6) is 0 Å². The van der Waals surface area contributed by atoms with Crippen molar-refractivity contribution in [3.8, 4) is 11.3 Å². The van der Waals surface area contributed by atoms with Gasteiger partial charge >= 0.3 is 6.18 Å². The fourth-order valence-corrected chi connectivity index (χ4v) is 5.27. The van der Waals surface area contributed by atoms with Crippen LogP contribution in [0, 0.1) is 13.8 Å². The van der Waals surface area contributed by atoms with Crippen LogP contribution in [-0.2, 0) is 17.0 Å². The first-order chi connectivity index (χ1) is 18.0. The van der Waals surface area contributed by atoms with Gasteiger partial charge in [0.1, 0.15) is 16.7 Å². The van der Waals surface area contributed by atoms with E-state index in [1.807, 2.05) is 30.4 Å². The third-order valence-corrected chi connectivity index (χ3v) is 7.47. The van der Waals surface area contributed by atoms with Crippen molar-refractivity contribution < 1.29 is 21.8 Å². The van der Waals surface area contributed by atoms with Gasteiger partial charge in [0.15, 0.2) is 17.3 Å². The third kappa shape index (κ3) is 4.98. The van der Waals surface area contributed by atoms with Crippen molar-refractivity contribution in [3.63, 3.8) is 0 Å². The van der Waals surface area contributed by atoms with E-state index in [2.05, 4.69) is 15.0 Å². The Morgan fingerprint density at radius 3 is 2.63 bits per heavy atom. The molecule has 1 aliphatic rings. The molecule has 2 atom stereocenters. The molecule has 0 saturated carbocycles. The molecule has 5 rings (SSSR count). The first-order valence-electron chi connectivity index (χ1n) is 11.6. The fraction of sp³-hybridized carbons (Fsp3) is 0.222. The van der Waals surface area contributed by atoms with E-state index in [1.165, 1.54) is 11.5 Å². The molecule has 0 spiro atoms. The molecule has 38 heavy (non-hydrogen) atoms. The molecule has 0 aliphatic heterocycles. The molecule has 0 bridgehead atoms. The van der Waals surface area contributed by atoms with Crippen LogP contribution in [0.2, 0.25) is 5.15 Å². The molecule has 0 fully saturated rings. The number of imidazole rings is 1. The Balaban J connectivity index is 1.70. The van der Waals surface area contributed by atoms with Gasteiger partial charge in [-0.3, -0.25) is 4.21 Å². The molecule has 2 unspecified atom stereocenters. The van der Waals surface area contributed by atoms with Gasteiger partial charge in [-0.15, -0.1) is 0 Å². The van der Waals surface area contributed by atoms with Crippen LogP contribution in [-0.4, -0.2) is 30.0 Å². The Morgan fingerprint density at radius 2 is 1.95 bits per heavy atom. The molecule has 0 radical (unpaired) electrons. The summed E-state index contributed by atoms with van der Waals surface area (Å²) in [6.07, 6.45) is 3.87. The maximum atomic E-state index is 13.5. The highest BCUT2D eigenvalue weighted by Gasteiger charge is 2.35. The van der Waals surface area contributed by atoms with Crippen molar-refractivity contribution in [2.24, 2.45) is 0 Å². The number of pyridine rings is 1. The van der Waals surface area contributed by atoms with E-state index in [-0.39, 0.29) is 16.9 Å². The molecule has 196 valence electrons. The Labute approximate surface area is 224 Å². The summed E-state index contributed by atoms with van der Waals surface area (Å²) in [5.41, 5.74) is 1.92. The van der Waals surface area contributed by atoms with E-state index in [1.54, 1.807) is 37.6 Å². The van der Waals surface area contributed by atoms with Crippen molar-refractivity contribution in [1.29, 1.82) is 0 Å². The SMILES string of the molecule is Cc1nc(C2=CC(c3cccc(S(C)=O)c3)CC=C2n2cc(C(F)(F)F)nc2C)c(-c2cccnc2Cl)o1. The standard InChI is InChI=1S/C27H22ClF3N4O2S/c1-15-33-23(27(29,30)31)14-35(15)22-10-9-18(17-6-4-7-19(12-17)38(3)36)13-21(22)24-25(37-16(2)34-24)20-8-5-11-32-26(20)28/h4-8,10-14,18H,9H2,1-3H3. The van der Waals surface area contributed by atoms with Crippen molar-refractivity contribution in [2.75, 3.05) is 6.26 Å². The minimum absolute atomic E-state index is 0.155. The molecule has 11 heteroatoms. The highest BCUT2D eigenvalue weighted by Crippen LogP contribution is 2.43. The van der Waals surface area contributed by atoms with E-state index < -0.39 is 22.7 Å². The van der Waals surface area contributed by atoms with E-state index in [9.17, 15) is 17.4 Å². The van der Waals surface area contributed by atoms with Gasteiger partial charge in [0.25, 0.3) is 0 Å². The number of hydrogen-bond donors (Lipinski definition) is 0. The lowest BCUT2D eigenvalue weighted by molar-refractivity contribution is -0.141. The van der Waals surface area contributed by atoms with E-state index >= 15 is 0 Å². The van der Waals surface area contributed by atoms with Crippen LogP contribution in [0.25, 0.3) is 22.6 Å². The van der Waals surface area contributed by atoms with Crippen LogP contribution in [0.1, 0.15) is 41.0 Å². The van der Waals surface area contributed by atoms with E-state index in [0.29, 0.717) is 45.5 Å². The Bertz CT molecular complexity index is 1620. The predicted octanol–water partition coefficient (Wildman–Crippen LogP) is 7.07. The quantitative estimate of drug-likeness (QED) is 0.245. The fourth-order valence-electron chi connectivity index (χ4n) is 4.49. The van der Waals surface area contributed by atoms with Crippen molar-refractivity contribution in [3.05, 3.63) is 94.8 Å². The van der Waals surface area contributed by atoms with Gasteiger partial charge in [-0.05, 0) is 43.2 Å². The van der Waals surface area contributed by atoms with Gasteiger partial charge in [-0.2, -0.15) is 13.2 Å². The number of hydrogen-bond acceptors (Lipinski definition) is 5. The molecular formula is C27H22ClF3N4O2S. The van der Waals surface area contributed by atoms with Crippen LogP contribution in [0.3, 0.4) is 0 Å². The average Bonchev–Trinajstić information content (AvgIpc) is 3.46. The summed E-state index contributed by atoms with van der Waals surface area (Å²) in [5.74, 6) is 0.740. The first kappa shape index (κ1) is 26.1. The van der Waals surface area contributed by atoms with Gasteiger partial charge in [0.2, 0.25) is 0 Å². The smallest absolute Gasteiger partial charge is 0.434 e. The molecule has 4 aromatic rings. The summed E-state index contributed by atoms with van der Waals surface area (Å²) in [5, 5.41) is 0.208. The van der Waals surface area contributed by atoms with Crippen molar-refractivity contribution >= 4 is 33.7 Å². The number of aromatic nitrogens is 4. The maximum Gasteiger partial charge on any atom is 0.434 e. The average molecular weight is 559 g/mol. The third-order valence-electron chi connectivity index (χ3n) is 6.25. The van der Waals surface area contributed by atoms with Gasteiger partial charge in [-0.1, -0.05) is 35.9 Å². The summed E-state index contributed by atoms with van der Waals surface area (Å²) < 4.78 is 60.0. The number of nitrogens with zero attached hydrogens (tertiary/aromatic N) is 4. The minimum Gasteiger partial charge on any atom is -0.440 e. The number of oxazole rings is 1. The normalized spacial score (nSPS) is 16.8. The summed E-state index contributed by atoms with van der Waals surface area (Å²) in [6, 6.07) is 10.9. The second kappa shape index (κ2) is 9.99. The topological polar surface area (TPSA) is 73.8 Å². The maximum absolute atomic E-state index is 13.5. The van der Waals surface area contributed by atoms with Gasteiger partial charge in [-0.25, -0.2) is 15.0 Å². The summed E-state index contributed by atoms with van der Waals surface area (Å²) in [7, 11) is -1.17. The number of halogens is 4. The van der Waals surface area contributed by atoms with Gasteiger partial charge in [0, 0.05) is 52.8 Å². The number of aryl methyl sites for hydroxylation is 2. The lowest BCUT2D eigenvalue weighted by Crippen LogP contribution is -2.10. The van der Waals surface area contributed by atoms with E-state index in [4.69, 9.17) is 16.0 Å². The largest absolute Gasteiger partial charge is 0.440 e. The molecule has 6 nitrogen and oxygen atoms in total. The number of rotatable bonds is 5. The van der Waals surface area contributed by atoms with Crippen molar-refractivity contribution in [1.82, 2.24) is 19.5 Å². The van der Waals surface area contributed by atoms with Crippen LogP contribution in [0.15, 0.2) is 70.3 Å². The first-order valence-corrected chi connectivity index (χ1v) is 13.5. The minimum atomic E-state index is -4.59. The number of benzene rings is 1. The van der Waals surface area contributed by atoms with Crippen molar-refractivity contribution in [2.45, 2.75) is 37.3 Å². The zero-order valence-corrected chi connectivity index (χ0v) is 22.2. The second-order valence-electron chi connectivity index (χ2n) is 8.83. The second-order valence-corrected chi connectivity index (χ2v) is 10.6. The van der Waals surface area contributed by atoms with Gasteiger partial charge in [0.05, 0.1) is 11.3 Å². The van der Waals surface area contributed by atoms with Crippen LogP contribution in [0.4, 0.5) is 13.2 Å². The Morgan fingerprint density at radius 1 is 1.16 bits per heavy atom. The number of allylic oxidation sites excluding steroid dienone is 4. The summed E-state index contributed by atoms with van der Waals surface area (Å²) >= 11 is 6.38. The molecule has 3 heterocycles. The number of alkyl halides is 3.